The largest absolute Gasteiger partial charge is 0.439 e. The van der Waals surface area contributed by atoms with Gasteiger partial charge in [-0.2, -0.15) is 0 Å². The van der Waals surface area contributed by atoms with Crippen LogP contribution in [-0.2, 0) is 11.3 Å². The Kier molecular flexibility index (Phi) is 5.33. The van der Waals surface area contributed by atoms with E-state index in [1.54, 1.807) is 13.3 Å². The van der Waals surface area contributed by atoms with Gasteiger partial charge < -0.3 is 14.9 Å². The molecule has 2 unspecified atom stereocenters. The van der Waals surface area contributed by atoms with Crippen LogP contribution in [0.1, 0.15) is 18.7 Å². The van der Waals surface area contributed by atoms with E-state index < -0.39 is 0 Å². The Balaban J connectivity index is 1.69. The topological polar surface area (TPSA) is 64.5 Å². The van der Waals surface area contributed by atoms with Crippen molar-refractivity contribution >= 4 is 11.6 Å². The smallest absolute Gasteiger partial charge is 0.209 e. The number of halogens is 1. The van der Waals surface area contributed by atoms with E-state index in [1.165, 1.54) is 0 Å². The molecule has 1 aromatic carbocycles. The zero-order chi connectivity index (χ0) is 16.2. The minimum absolute atomic E-state index is 0.298. The molecule has 1 saturated heterocycles. The van der Waals surface area contributed by atoms with Gasteiger partial charge in [0.25, 0.3) is 0 Å². The van der Waals surface area contributed by atoms with Crippen molar-refractivity contribution < 1.29 is 9.15 Å². The molecule has 0 radical (unpaired) electrons. The van der Waals surface area contributed by atoms with Crippen LogP contribution in [0, 0.1) is 0 Å². The summed E-state index contributed by atoms with van der Waals surface area (Å²) in [5.41, 5.74) is 6.85. The first kappa shape index (κ1) is 16.5. The molecule has 2 heterocycles. The maximum Gasteiger partial charge on any atom is 0.209 e. The van der Waals surface area contributed by atoms with Crippen molar-refractivity contribution in [2.75, 3.05) is 20.2 Å². The van der Waals surface area contributed by atoms with Gasteiger partial charge in [0.05, 0.1) is 18.8 Å². The van der Waals surface area contributed by atoms with Gasteiger partial charge in [-0.15, -0.1) is 0 Å². The van der Waals surface area contributed by atoms with Crippen molar-refractivity contribution in [2.45, 2.75) is 31.5 Å². The van der Waals surface area contributed by atoms with Crippen LogP contribution in [0.3, 0.4) is 0 Å². The summed E-state index contributed by atoms with van der Waals surface area (Å²) in [5, 5.41) is 0.685. The molecule has 124 valence electrons. The Hall–Kier alpha value is -1.40. The first-order chi connectivity index (χ1) is 11.2. The molecule has 0 bridgehead atoms. The predicted molar refractivity (Wildman–Crippen MR) is 90.2 cm³/mol. The zero-order valence-electron chi connectivity index (χ0n) is 13.2. The van der Waals surface area contributed by atoms with Gasteiger partial charge in [0, 0.05) is 36.8 Å². The van der Waals surface area contributed by atoms with Gasteiger partial charge in [0.1, 0.15) is 0 Å². The van der Waals surface area contributed by atoms with Gasteiger partial charge in [0.15, 0.2) is 5.76 Å². The summed E-state index contributed by atoms with van der Waals surface area (Å²) < 4.78 is 11.4. The van der Waals surface area contributed by atoms with Crippen molar-refractivity contribution in [3.05, 3.63) is 41.4 Å². The summed E-state index contributed by atoms with van der Waals surface area (Å²) in [4.78, 5) is 6.72. The van der Waals surface area contributed by atoms with E-state index in [1.807, 2.05) is 24.3 Å². The maximum atomic E-state index is 6.03. The highest BCUT2D eigenvalue weighted by Crippen LogP contribution is 2.25. The molecule has 5 nitrogen and oxygen atoms in total. The standard InChI is InChI=1S/C17H22ClN3O2/c1-22-15-5-6-21(14(8-15)9-19)11-17-20-10-16(23-17)12-3-2-4-13(18)7-12/h2-4,7,10,14-15H,5-6,8-9,11,19H2,1H3. The number of piperidine rings is 1. The highest BCUT2D eigenvalue weighted by atomic mass is 35.5. The van der Waals surface area contributed by atoms with Crippen LogP contribution >= 0.6 is 11.6 Å². The summed E-state index contributed by atoms with van der Waals surface area (Å²) in [6.07, 6.45) is 4.01. The molecule has 1 aliphatic heterocycles. The lowest BCUT2D eigenvalue weighted by atomic mass is 9.99. The van der Waals surface area contributed by atoms with E-state index in [-0.39, 0.29) is 0 Å². The van der Waals surface area contributed by atoms with Gasteiger partial charge in [-0.3, -0.25) is 4.90 Å². The number of rotatable bonds is 5. The van der Waals surface area contributed by atoms with Crippen LogP contribution in [0.5, 0.6) is 0 Å². The second kappa shape index (κ2) is 7.45. The molecule has 0 saturated carbocycles. The normalized spacial score (nSPS) is 22.4. The Bertz CT molecular complexity index is 646. The van der Waals surface area contributed by atoms with E-state index in [4.69, 9.17) is 26.5 Å². The number of hydrogen-bond acceptors (Lipinski definition) is 5. The van der Waals surface area contributed by atoms with Gasteiger partial charge in [-0.1, -0.05) is 23.7 Å². The molecule has 0 spiro atoms. The molecule has 1 aliphatic rings. The number of methoxy groups -OCH3 is 1. The number of nitrogens with zero attached hydrogens (tertiary/aromatic N) is 2. The van der Waals surface area contributed by atoms with E-state index in [0.717, 1.165) is 30.7 Å². The van der Waals surface area contributed by atoms with Gasteiger partial charge in [-0.05, 0) is 25.0 Å². The van der Waals surface area contributed by atoms with Crippen molar-refractivity contribution in [2.24, 2.45) is 5.73 Å². The number of benzene rings is 1. The quantitative estimate of drug-likeness (QED) is 0.910. The molecule has 0 aliphatic carbocycles. The number of ether oxygens (including phenoxy) is 1. The third-order valence-electron chi connectivity index (χ3n) is 4.40. The second-order valence-corrected chi connectivity index (χ2v) is 6.31. The Morgan fingerprint density at radius 3 is 3.09 bits per heavy atom. The molecule has 2 aromatic rings. The van der Waals surface area contributed by atoms with E-state index in [2.05, 4.69) is 9.88 Å². The van der Waals surface area contributed by atoms with E-state index >= 15 is 0 Å². The van der Waals surface area contributed by atoms with Gasteiger partial charge in [-0.25, -0.2) is 4.98 Å². The summed E-state index contributed by atoms with van der Waals surface area (Å²) in [5.74, 6) is 1.44. The second-order valence-electron chi connectivity index (χ2n) is 5.87. The molecule has 1 fully saturated rings. The minimum Gasteiger partial charge on any atom is -0.439 e. The monoisotopic (exact) mass is 335 g/mol. The molecule has 23 heavy (non-hydrogen) atoms. The van der Waals surface area contributed by atoms with Crippen molar-refractivity contribution in [1.29, 1.82) is 0 Å². The van der Waals surface area contributed by atoms with E-state index in [9.17, 15) is 0 Å². The molecular formula is C17H22ClN3O2. The highest BCUT2D eigenvalue weighted by Gasteiger charge is 2.28. The van der Waals surface area contributed by atoms with Crippen molar-refractivity contribution in [3.8, 4) is 11.3 Å². The number of hydrogen-bond donors (Lipinski definition) is 1. The highest BCUT2D eigenvalue weighted by molar-refractivity contribution is 6.30. The SMILES string of the molecule is COC1CCN(Cc2ncc(-c3cccc(Cl)c3)o2)C(CN)C1. The van der Waals surface area contributed by atoms with Crippen molar-refractivity contribution in [3.63, 3.8) is 0 Å². The lowest BCUT2D eigenvalue weighted by molar-refractivity contribution is 0.00743. The summed E-state index contributed by atoms with van der Waals surface area (Å²) >= 11 is 6.03. The van der Waals surface area contributed by atoms with Crippen LogP contribution < -0.4 is 5.73 Å². The van der Waals surface area contributed by atoms with E-state index in [0.29, 0.717) is 36.1 Å². The molecule has 1 aromatic heterocycles. The summed E-state index contributed by atoms with van der Waals surface area (Å²) in [6.45, 7) is 2.22. The first-order valence-electron chi connectivity index (χ1n) is 7.87. The van der Waals surface area contributed by atoms with Crippen LogP contribution in [0.25, 0.3) is 11.3 Å². The zero-order valence-corrected chi connectivity index (χ0v) is 14.0. The number of aromatic nitrogens is 1. The maximum absolute atomic E-state index is 6.03. The number of nitrogens with two attached hydrogens (primary N) is 1. The fraction of sp³-hybridized carbons (Fsp3) is 0.471. The van der Waals surface area contributed by atoms with Crippen LogP contribution in [0.15, 0.2) is 34.9 Å². The first-order valence-corrected chi connectivity index (χ1v) is 8.25. The Morgan fingerprint density at radius 2 is 2.35 bits per heavy atom. The predicted octanol–water partition coefficient (Wildman–Crippen LogP) is 2.93. The molecule has 3 rings (SSSR count). The summed E-state index contributed by atoms with van der Waals surface area (Å²) in [7, 11) is 1.76. The Morgan fingerprint density at radius 1 is 1.48 bits per heavy atom. The molecule has 0 amide bonds. The van der Waals surface area contributed by atoms with Gasteiger partial charge in [0.2, 0.25) is 5.89 Å². The number of oxazole rings is 1. The Labute approximate surface area is 141 Å². The third kappa shape index (κ3) is 3.93. The molecule has 2 N–H and O–H groups in total. The number of likely N-dealkylation sites (tertiary alicyclic amines) is 1. The van der Waals surface area contributed by atoms with Crippen LogP contribution in [0.2, 0.25) is 5.02 Å². The molecule has 6 heteroatoms. The third-order valence-corrected chi connectivity index (χ3v) is 4.63. The lowest BCUT2D eigenvalue weighted by Crippen LogP contribution is -2.48. The summed E-state index contributed by atoms with van der Waals surface area (Å²) in [6, 6.07) is 7.88. The average Bonchev–Trinajstić information content (AvgIpc) is 3.04. The fourth-order valence-corrected chi connectivity index (χ4v) is 3.25. The van der Waals surface area contributed by atoms with Crippen LogP contribution in [-0.4, -0.2) is 42.2 Å². The van der Waals surface area contributed by atoms with Crippen molar-refractivity contribution in [1.82, 2.24) is 9.88 Å². The minimum atomic E-state index is 0.298. The lowest BCUT2D eigenvalue weighted by Gasteiger charge is -2.37. The molecule has 2 atom stereocenters. The van der Waals surface area contributed by atoms with Crippen LogP contribution in [0.4, 0.5) is 0 Å². The molecular weight excluding hydrogens is 314 g/mol. The van der Waals surface area contributed by atoms with Gasteiger partial charge >= 0.3 is 0 Å². The fourth-order valence-electron chi connectivity index (χ4n) is 3.06. The average molecular weight is 336 g/mol.